The van der Waals surface area contributed by atoms with Crippen molar-refractivity contribution in [1.82, 2.24) is 4.90 Å². The summed E-state index contributed by atoms with van der Waals surface area (Å²) in [5.74, 6) is 0.358. The second-order valence-corrected chi connectivity index (χ2v) is 9.02. The summed E-state index contributed by atoms with van der Waals surface area (Å²) in [5, 5.41) is 11.5. The molecular weight excluding hydrogens is 399 g/mol. The number of nitriles is 1. The van der Waals surface area contributed by atoms with Crippen molar-refractivity contribution in [2.75, 3.05) is 13.1 Å². The third-order valence-electron chi connectivity index (χ3n) is 6.40. The first kappa shape index (κ1) is 22.2. The number of hydrogen-bond acceptors (Lipinski definition) is 2. The van der Waals surface area contributed by atoms with E-state index in [9.17, 15) is 5.26 Å². The molecule has 1 fully saturated rings. The number of likely N-dealkylation sites (N-methyl/N-ethyl adjacent to an activating group) is 1. The highest BCUT2D eigenvalue weighted by Gasteiger charge is 2.48. The molecule has 0 bridgehead atoms. The summed E-state index contributed by atoms with van der Waals surface area (Å²) in [5.41, 5.74) is 1.63. The van der Waals surface area contributed by atoms with E-state index in [-0.39, 0.29) is 0 Å². The molecule has 1 aliphatic carbocycles. The van der Waals surface area contributed by atoms with Crippen LogP contribution in [-0.2, 0) is 11.8 Å². The number of halogens is 2. The Morgan fingerprint density at radius 2 is 1.76 bits per heavy atom. The van der Waals surface area contributed by atoms with Crippen LogP contribution in [0, 0.1) is 17.2 Å². The molecule has 0 amide bonds. The van der Waals surface area contributed by atoms with Crippen LogP contribution < -0.4 is 0 Å². The summed E-state index contributed by atoms with van der Waals surface area (Å²) in [6.07, 6.45) is 4.94. The third-order valence-corrected chi connectivity index (χ3v) is 7.03. The van der Waals surface area contributed by atoms with Crippen molar-refractivity contribution in [3.63, 3.8) is 0 Å². The fourth-order valence-electron chi connectivity index (χ4n) is 4.46. The Balaban J connectivity index is 1.71. The minimum atomic E-state index is -0.581. The molecule has 1 aliphatic rings. The van der Waals surface area contributed by atoms with Crippen LogP contribution in [0.15, 0.2) is 48.5 Å². The molecule has 0 saturated heterocycles. The molecule has 29 heavy (non-hydrogen) atoms. The summed E-state index contributed by atoms with van der Waals surface area (Å²) in [7, 11) is 0. The Morgan fingerprint density at radius 3 is 2.31 bits per heavy atom. The van der Waals surface area contributed by atoms with E-state index in [0.717, 1.165) is 50.8 Å². The van der Waals surface area contributed by atoms with Crippen LogP contribution in [0.25, 0.3) is 0 Å². The lowest BCUT2D eigenvalue weighted by Gasteiger charge is -2.33. The monoisotopic (exact) mass is 428 g/mol. The number of rotatable bonds is 10. The Hall–Kier alpha value is -1.53. The lowest BCUT2D eigenvalue weighted by Crippen LogP contribution is -2.37. The molecule has 0 aliphatic heterocycles. The van der Waals surface area contributed by atoms with Gasteiger partial charge in [0, 0.05) is 28.2 Å². The smallest absolute Gasteiger partial charge is 0.0879 e. The van der Waals surface area contributed by atoms with Gasteiger partial charge in [0.05, 0.1) is 11.5 Å². The van der Waals surface area contributed by atoms with Gasteiger partial charge in [-0.15, -0.1) is 0 Å². The zero-order valence-corrected chi connectivity index (χ0v) is 18.9. The van der Waals surface area contributed by atoms with E-state index < -0.39 is 5.41 Å². The maximum atomic E-state index is 10.3. The van der Waals surface area contributed by atoms with E-state index in [2.05, 4.69) is 55.1 Å². The Bertz CT molecular complexity index is 821. The molecule has 2 aromatic rings. The van der Waals surface area contributed by atoms with E-state index in [0.29, 0.717) is 22.0 Å². The van der Waals surface area contributed by atoms with Gasteiger partial charge in [-0.05, 0) is 69.2 Å². The van der Waals surface area contributed by atoms with Gasteiger partial charge >= 0.3 is 0 Å². The lowest BCUT2D eigenvalue weighted by atomic mass is 9.73. The fourth-order valence-corrected chi connectivity index (χ4v) is 5.20. The first-order valence-corrected chi connectivity index (χ1v) is 11.4. The molecule has 2 unspecified atom stereocenters. The van der Waals surface area contributed by atoms with Gasteiger partial charge in [-0.3, -0.25) is 0 Å². The van der Waals surface area contributed by atoms with Crippen molar-refractivity contribution in [3.8, 4) is 6.07 Å². The van der Waals surface area contributed by atoms with Gasteiger partial charge < -0.3 is 4.90 Å². The van der Waals surface area contributed by atoms with Crippen LogP contribution in [0.2, 0.25) is 10.0 Å². The Labute approximate surface area is 185 Å². The van der Waals surface area contributed by atoms with Gasteiger partial charge in [0.1, 0.15) is 0 Å². The minimum Gasteiger partial charge on any atom is -0.301 e. The molecule has 3 rings (SSSR count). The Morgan fingerprint density at radius 1 is 1.10 bits per heavy atom. The quantitative estimate of drug-likeness (QED) is 0.411. The first-order valence-electron chi connectivity index (χ1n) is 10.7. The van der Waals surface area contributed by atoms with Crippen LogP contribution in [-0.4, -0.2) is 24.0 Å². The maximum Gasteiger partial charge on any atom is 0.0879 e. The number of hydrogen-bond donors (Lipinski definition) is 0. The summed E-state index contributed by atoms with van der Waals surface area (Å²) in [6.45, 7) is 6.52. The first-order chi connectivity index (χ1) is 14.0. The molecule has 0 N–H and O–H groups in total. The molecule has 0 aromatic heterocycles. The van der Waals surface area contributed by atoms with Crippen molar-refractivity contribution in [1.29, 1.82) is 5.26 Å². The standard InChI is InChI=1S/C25H30Cl2N2/c1-3-29(17-15-20-8-5-4-6-9-20)19(2)14-16-25(18-28,21-12-13-21)24-22(26)10-7-11-23(24)27/h4-11,19,21H,3,12-17H2,1-2H3. The van der Waals surface area contributed by atoms with Gasteiger partial charge in [-0.1, -0.05) is 66.5 Å². The van der Waals surface area contributed by atoms with Gasteiger partial charge in [0.25, 0.3) is 0 Å². The SMILES string of the molecule is CCN(CCc1ccccc1)C(C)CCC(C#N)(c1c(Cl)cccc1Cl)C1CC1. The average molecular weight is 429 g/mol. The predicted octanol–water partition coefficient (Wildman–Crippen LogP) is 6.90. The van der Waals surface area contributed by atoms with Crippen LogP contribution in [0.4, 0.5) is 0 Å². The second-order valence-electron chi connectivity index (χ2n) is 8.21. The van der Waals surface area contributed by atoms with Crippen molar-refractivity contribution in [2.24, 2.45) is 5.92 Å². The van der Waals surface area contributed by atoms with Gasteiger partial charge in [-0.2, -0.15) is 5.26 Å². The van der Waals surface area contributed by atoms with E-state index in [4.69, 9.17) is 23.2 Å². The molecular formula is C25H30Cl2N2. The van der Waals surface area contributed by atoms with Crippen LogP contribution in [0.3, 0.4) is 0 Å². The van der Waals surface area contributed by atoms with Crippen molar-refractivity contribution < 1.29 is 0 Å². The molecule has 0 heterocycles. The molecule has 0 radical (unpaired) electrons. The molecule has 0 spiro atoms. The third kappa shape index (κ3) is 5.15. The van der Waals surface area contributed by atoms with Crippen LogP contribution in [0.1, 0.15) is 50.7 Å². The van der Waals surface area contributed by atoms with Crippen molar-refractivity contribution in [3.05, 3.63) is 69.7 Å². The number of nitrogens with zero attached hydrogens (tertiary/aromatic N) is 2. The van der Waals surface area contributed by atoms with Crippen LogP contribution >= 0.6 is 23.2 Å². The van der Waals surface area contributed by atoms with Gasteiger partial charge in [0.15, 0.2) is 0 Å². The van der Waals surface area contributed by atoms with Gasteiger partial charge in [0.2, 0.25) is 0 Å². The van der Waals surface area contributed by atoms with E-state index >= 15 is 0 Å². The molecule has 1 saturated carbocycles. The summed E-state index contributed by atoms with van der Waals surface area (Å²) in [6, 6.07) is 19.3. The second kappa shape index (κ2) is 9.98. The summed E-state index contributed by atoms with van der Waals surface area (Å²) >= 11 is 13.1. The Kier molecular flexibility index (Phi) is 7.63. The maximum absolute atomic E-state index is 10.3. The summed E-state index contributed by atoms with van der Waals surface area (Å²) < 4.78 is 0. The minimum absolute atomic E-state index is 0.358. The van der Waals surface area contributed by atoms with E-state index in [1.54, 1.807) is 0 Å². The fraction of sp³-hybridized carbons (Fsp3) is 0.480. The summed E-state index contributed by atoms with van der Waals surface area (Å²) in [4.78, 5) is 2.51. The highest BCUT2D eigenvalue weighted by Crippen LogP contribution is 2.53. The van der Waals surface area contributed by atoms with E-state index in [1.165, 1.54) is 5.56 Å². The van der Waals surface area contributed by atoms with Gasteiger partial charge in [-0.25, -0.2) is 0 Å². The topological polar surface area (TPSA) is 27.0 Å². The largest absolute Gasteiger partial charge is 0.301 e. The van der Waals surface area contributed by atoms with Crippen molar-refractivity contribution >= 4 is 23.2 Å². The number of benzene rings is 2. The van der Waals surface area contributed by atoms with E-state index in [1.807, 2.05) is 18.2 Å². The zero-order valence-electron chi connectivity index (χ0n) is 17.4. The normalized spacial score (nSPS) is 17.0. The van der Waals surface area contributed by atoms with Crippen molar-refractivity contribution in [2.45, 2.75) is 57.4 Å². The molecule has 2 aromatic carbocycles. The predicted molar refractivity (Wildman–Crippen MR) is 123 cm³/mol. The molecule has 2 atom stereocenters. The highest BCUT2D eigenvalue weighted by atomic mass is 35.5. The average Bonchev–Trinajstić information content (AvgIpc) is 3.57. The lowest BCUT2D eigenvalue weighted by molar-refractivity contribution is 0.199. The van der Waals surface area contributed by atoms with Crippen LogP contribution in [0.5, 0.6) is 0 Å². The highest BCUT2D eigenvalue weighted by molar-refractivity contribution is 6.36. The molecule has 2 nitrogen and oxygen atoms in total. The molecule has 4 heteroatoms. The zero-order chi connectivity index (χ0) is 20.9. The molecule has 154 valence electrons.